The van der Waals surface area contributed by atoms with Gasteiger partial charge in [0, 0.05) is 39.8 Å². The molecular formula is C33H28ClN3OS. The van der Waals surface area contributed by atoms with E-state index in [-0.39, 0.29) is 11.6 Å². The molecule has 1 aliphatic carbocycles. The fourth-order valence-electron chi connectivity index (χ4n) is 6.04. The summed E-state index contributed by atoms with van der Waals surface area (Å²) in [5.74, 6) is 0. The Kier molecular flexibility index (Phi) is 6.14. The lowest BCUT2D eigenvalue weighted by molar-refractivity contribution is 0.585. The van der Waals surface area contributed by atoms with Crippen LogP contribution in [-0.4, -0.2) is 9.13 Å². The molecule has 0 N–H and O–H groups in total. The molecule has 3 aromatic carbocycles. The molecule has 7 rings (SSSR count). The maximum Gasteiger partial charge on any atom is 0.271 e. The Morgan fingerprint density at radius 3 is 2.69 bits per heavy atom. The van der Waals surface area contributed by atoms with Crippen LogP contribution in [0, 0.1) is 0 Å². The van der Waals surface area contributed by atoms with Gasteiger partial charge in [-0.05, 0) is 54.2 Å². The second-order valence-corrected chi connectivity index (χ2v) is 11.7. The van der Waals surface area contributed by atoms with Gasteiger partial charge >= 0.3 is 0 Å². The number of halogens is 1. The Morgan fingerprint density at radius 2 is 1.82 bits per heavy atom. The molecule has 5 aromatic rings. The van der Waals surface area contributed by atoms with Gasteiger partial charge < -0.3 is 4.57 Å². The first-order valence-electron chi connectivity index (χ1n) is 13.6. The molecule has 0 spiro atoms. The fraction of sp³-hybridized carbons (Fsp3) is 0.212. The predicted molar refractivity (Wildman–Crippen MR) is 161 cm³/mol. The van der Waals surface area contributed by atoms with Crippen LogP contribution in [0.4, 0.5) is 0 Å². The number of rotatable bonds is 5. The number of nitrogens with zero attached hydrogens (tertiary/aromatic N) is 3. The number of para-hydroxylation sites is 1. The van der Waals surface area contributed by atoms with Crippen molar-refractivity contribution < 1.29 is 0 Å². The molecule has 0 saturated heterocycles. The van der Waals surface area contributed by atoms with Crippen molar-refractivity contribution in [3.63, 3.8) is 0 Å². The van der Waals surface area contributed by atoms with Gasteiger partial charge in [-0.15, -0.1) is 0 Å². The summed E-state index contributed by atoms with van der Waals surface area (Å²) in [4.78, 5) is 20.0. The topological polar surface area (TPSA) is 39.3 Å². The number of fused-ring (bicyclic) bond motifs is 4. The summed E-state index contributed by atoms with van der Waals surface area (Å²) in [7, 11) is 0. The van der Waals surface area contributed by atoms with E-state index >= 15 is 0 Å². The average Bonchev–Trinajstić information content (AvgIpc) is 3.47. The molecule has 0 unspecified atom stereocenters. The van der Waals surface area contributed by atoms with Crippen LogP contribution in [0.3, 0.4) is 0 Å². The molecule has 2 aromatic heterocycles. The van der Waals surface area contributed by atoms with Crippen molar-refractivity contribution in [3.8, 4) is 0 Å². The third-order valence-electron chi connectivity index (χ3n) is 7.93. The largest absolute Gasteiger partial charge is 0.347 e. The molecule has 3 heterocycles. The average molecular weight is 550 g/mol. The number of benzene rings is 3. The van der Waals surface area contributed by atoms with Crippen LogP contribution in [0.1, 0.15) is 54.5 Å². The maximum absolute atomic E-state index is 14.2. The van der Waals surface area contributed by atoms with Gasteiger partial charge in [-0.1, -0.05) is 96.9 Å². The summed E-state index contributed by atoms with van der Waals surface area (Å²) < 4.78 is 4.88. The van der Waals surface area contributed by atoms with Gasteiger partial charge in [-0.2, -0.15) is 0 Å². The minimum atomic E-state index is -0.272. The van der Waals surface area contributed by atoms with E-state index in [1.54, 1.807) is 0 Å². The monoisotopic (exact) mass is 549 g/mol. The normalized spacial score (nSPS) is 16.7. The van der Waals surface area contributed by atoms with Gasteiger partial charge in [0.25, 0.3) is 5.56 Å². The molecule has 39 heavy (non-hydrogen) atoms. The Balaban J connectivity index is 1.47. The van der Waals surface area contributed by atoms with Crippen LogP contribution in [-0.2, 0) is 13.0 Å². The Labute approximate surface area is 235 Å². The zero-order valence-electron chi connectivity index (χ0n) is 21.7. The van der Waals surface area contributed by atoms with Crippen molar-refractivity contribution in [2.45, 2.75) is 45.2 Å². The molecule has 0 bridgehead atoms. The summed E-state index contributed by atoms with van der Waals surface area (Å²) in [6.07, 6.45) is 8.26. The number of thiazole rings is 1. The summed E-state index contributed by atoms with van der Waals surface area (Å²) in [5.41, 5.74) is 7.82. The number of allylic oxidation sites excluding steroid dienone is 1. The Hall–Kier alpha value is -3.67. The van der Waals surface area contributed by atoms with Gasteiger partial charge in [-0.25, -0.2) is 4.99 Å². The van der Waals surface area contributed by atoms with Crippen molar-refractivity contribution in [3.05, 3.63) is 132 Å². The van der Waals surface area contributed by atoms with Crippen LogP contribution in [0.5, 0.6) is 0 Å². The minimum Gasteiger partial charge on any atom is -0.347 e. The molecule has 4 nitrogen and oxygen atoms in total. The van der Waals surface area contributed by atoms with Gasteiger partial charge in [0.1, 0.15) is 0 Å². The number of aryl methyl sites for hydroxylation is 2. The zero-order chi connectivity index (χ0) is 26.5. The molecule has 0 radical (unpaired) electrons. The maximum atomic E-state index is 14.2. The van der Waals surface area contributed by atoms with E-state index in [4.69, 9.17) is 16.6 Å². The van der Waals surface area contributed by atoms with E-state index in [9.17, 15) is 4.79 Å². The van der Waals surface area contributed by atoms with Crippen LogP contribution in [0.2, 0.25) is 5.02 Å². The fourth-order valence-corrected chi connectivity index (χ4v) is 7.27. The van der Waals surface area contributed by atoms with Crippen molar-refractivity contribution in [1.29, 1.82) is 0 Å². The highest BCUT2D eigenvalue weighted by Gasteiger charge is 2.33. The first-order valence-corrected chi connectivity index (χ1v) is 14.8. The first kappa shape index (κ1) is 24.4. The van der Waals surface area contributed by atoms with Crippen LogP contribution < -0.4 is 14.9 Å². The molecule has 2 aliphatic rings. The summed E-state index contributed by atoms with van der Waals surface area (Å²) in [6, 6.07) is 24.6. The van der Waals surface area contributed by atoms with E-state index in [0.29, 0.717) is 9.55 Å². The van der Waals surface area contributed by atoms with E-state index in [0.717, 1.165) is 70.4 Å². The lowest BCUT2D eigenvalue weighted by Crippen LogP contribution is -2.38. The second-order valence-electron chi connectivity index (χ2n) is 10.3. The highest BCUT2D eigenvalue weighted by atomic mass is 35.5. The molecule has 1 atom stereocenters. The third-order valence-corrected chi connectivity index (χ3v) is 9.26. The Bertz CT molecular complexity index is 1960. The first-order chi connectivity index (χ1) is 19.1. The van der Waals surface area contributed by atoms with Crippen molar-refractivity contribution in [2.24, 2.45) is 4.99 Å². The molecule has 0 amide bonds. The van der Waals surface area contributed by atoms with Crippen LogP contribution >= 0.6 is 22.9 Å². The highest BCUT2D eigenvalue weighted by molar-refractivity contribution is 7.07. The van der Waals surface area contributed by atoms with Gasteiger partial charge in [0.05, 0.1) is 16.3 Å². The lowest BCUT2D eigenvalue weighted by atomic mass is 9.83. The summed E-state index contributed by atoms with van der Waals surface area (Å²) >= 11 is 8.25. The van der Waals surface area contributed by atoms with E-state index in [1.807, 2.05) is 28.8 Å². The van der Waals surface area contributed by atoms with Crippen LogP contribution in [0.15, 0.2) is 94.4 Å². The number of unbranched alkanes of at least 4 members (excludes halogenated alkanes) is 1. The Morgan fingerprint density at radius 1 is 1.03 bits per heavy atom. The number of hydrogen-bond donors (Lipinski definition) is 0. The van der Waals surface area contributed by atoms with Gasteiger partial charge in [-0.3, -0.25) is 9.36 Å². The lowest BCUT2D eigenvalue weighted by Gasteiger charge is -2.31. The van der Waals surface area contributed by atoms with Gasteiger partial charge in [0.15, 0.2) is 4.80 Å². The zero-order valence-corrected chi connectivity index (χ0v) is 23.3. The molecule has 0 fully saturated rings. The number of aromatic nitrogens is 2. The van der Waals surface area contributed by atoms with Gasteiger partial charge in [0.2, 0.25) is 0 Å². The molecule has 194 valence electrons. The molecular weight excluding hydrogens is 522 g/mol. The molecule has 6 heteroatoms. The van der Waals surface area contributed by atoms with Crippen molar-refractivity contribution >= 4 is 45.6 Å². The summed E-state index contributed by atoms with van der Waals surface area (Å²) in [6.45, 7) is 3.17. The van der Waals surface area contributed by atoms with E-state index in [1.165, 1.54) is 22.4 Å². The summed E-state index contributed by atoms with van der Waals surface area (Å²) in [5, 5.41) is 1.83. The van der Waals surface area contributed by atoms with E-state index in [2.05, 4.69) is 72.3 Å². The quantitative estimate of drug-likeness (QED) is 0.240. The second kappa shape index (κ2) is 9.82. The number of hydrogen-bond acceptors (Lipinski definition) is 3. The smallest absolute Gasteiger partial charge is 0.271 e. The molecule has 0 saturated carbocycles. The highest BCUT2D eigenvalue weighted by Crippen LogP contribution is 2.42. The third kappa shape index (κ3) is 4.03. The van der Waals surface area contributed by atoms with Crippen molar-refractivity contribution in [2.75, 3.05) is 0 Å². The van der Waals surface area contributed by atoms with Crippen molar-refractivity contribution in [1.82, 2.24) is 9.13 Å². The standard InChI is InChI=1S/C33H28ClN3OS/c1-2-3-18-36-20-22(23-11-7-9-15-28(23)36)19-29-32(38)37-31(25-13-6-8-14-27(25)34)26-17-16-21-10-4-5-12-24(21)30(26)35-33(37)39-29/h4-15,19-20,31H,2-3,16-18H2,1H3/b29-19-/t31-/m1/s1. The van der Waals surface area contributed by atoms with Crippen LogP contribution in [0.25, 0.3) is 22.7 Å². The SMILES string of the molecule is CCCCn1cc(/C=c2\sc3n(c2=O)[C@H](c2ccccc2Cl)C2=C(N=3)c3ccccc3CC2)c2ccccc21. The predicted octanol–water partition coefficient (Wildman–Crippen LogP) is 6.73. The van der Waals surface area contributed by atoms with E-state index < -0.39 is 0 Å². The molecule has 1 aliphatic heterocycles. The minimum absolute atomic E-state index is 0.0144.